The number of hydrogen-bond donors (Lipinski definition) is 3. The van der Waals surface area contributed by atoms with Gasteiger partial charge in [0.2, 0.25) is 0 Å². The second kappa shape index (κ2) is 7.42. The molecule has 21 heavy (non-hydrogen) atoms. The minimum Gasteiger partial charge on any atom is -0.310 e. The molecule has 2 atom stereocenters. The van der Waals surface area contributed by atoms with E-state index in [1.165, 1.54) is 51.4 Å². The molecule has 3 saturated heterocycles. The van der Waals surface area contributed by atoms with Crippen molar-refractivity contribution in [2.75, 3.05) is 26.2 Å². The van der Waals surface area contributed by atoms with Crippen LogP contribution in [0.4, 0.5) is 4.79 Å². The number of amides is 2. The lowest BCUT2D eigenvalue weighted by atomic mass is 10.2. The minimum absolute atomic E-state index is 0.0231. The zero-order chi connectivity index (χ0) is 14.5. The van der Waals surface area contributed by atoms with Crippen molar-refractivity contribution in [1.82, 2.24) is 25.8 Å². The van der Waals surface area contributed by atoms with Crippen molar-refractivity contribution in [3.63, 3.8) is 0 Å². The number of carbonyl (C=O) groups excluding carboxylic acids is 1. The van der Waals surface area contributed by atoms with E-state index in [1.54, 1.807) is 0 Å². The molecule has 2 amide bonds. The van der Waals surface area contributed by atoms with Crippen molar-refractivity contribution in [1.29, 1.82) is 0 Å². The third-order valence-corrected chi connectivity index (χ3v) is 4.86. The van der Waals surface area contributed by atoms with E-state index in [2.05, 4.69) is 25.8 Å². The standard InChI is InChI=1S/C15H29N5O/c21-15-17-13(19-9-5-1-2-6-10-19)16-14(18-15)20-11-7-3-4-8-12-20/h13-14,16H,1-12H2,(H2,17,18,21). The summed E-state index contributed by atoms with van der Waals surface area (Å²) < 4.78 is 0. The smallest absolute Gasteiger partial charge is 0.310 e. The van der Waals surface area contributed by atoms with Crippen molar-refractivity contribution in [2.24, 2.45) is 0 Å². The van der Waals surface area contributed by atoms with E-state index in [9.17, 15) is 4.79 Å². The van der Waals surface area contributed by atoms with Crippen LogP contribution in [0.1, 0.15) is 51.4 Å². The third kappa shape index (κ3) is 4.08. The van der Waals surface area contributed by atoms with E-state index in [0.717, 1.165) is 26.2 Å². The van der Waals surface area contributed by atoms with Gasteiger partial charge in [0.05, 0.1) is 0 Å². The van der Waals surface area contributed by atoms with Crippen LogP contribution in [0, 0.1) is 0 Å². The van der Waals surface area contributed by atoms with Gasteiger partial charge in [-0.2, -0.15) is 0 Å². The van der Waals surface area contributed by atoms with Crippen LogP contribution in [-0.2, 0) is 0 Å². The summed E-state index contributed by atoms with van der Waals surface area (Å²) in [7, 11) is 0. The van der Waals surface area contributed by atoms with Gasteiger partial charge in [-0.05, 0) is 25.7 Å². The Bertz CT molecular complexity index is 305. The van der Waals surface area contributed by atoms with E-state index in [4.69, 9.17) is 0 Å². The Kier molecular flexibility index (Phi) is 5.32. The lowest BCUT2D eigenvalue weighted by molar-refractivity contribution is 0.0460. The molecule has 3 aliphatic heterocycles. The van der Waals surface area contributed by atoms with Gasteiger partial charge in [-0.25, -0.2) is 4.79 Å². The minimum atomic E-state index is -0.0442. The fraction of sp³-hybridized carbons (Fsp3) is 0.933. The van der Waals surface area contributed by atoms with Crippen LogP contribution in [0.3, 0.4) is 0 Å². The summed E-state index contributed by atoms with van der Waals surface area (Å²) in [5.41, 5.74) is 0. The molecule has 0 saturated carbocycles. The highest BCUT2D eigenvalue weighted by Crippen LogP contribution is 2.15. The van der Waals surface area contributed by atoms with Gasteiger partial charge in [0.15, 0.2) is 0 Å². The molecule has 0 aromatic carbocycles. The number of nitrogens with zero attached hydrogens (tertiary/aromatic N) is 2. The summed E-state index contributed by atoms with van der Waals surface area (Å²) in [6.07, 6.45) is 10.1. The van der Waals surface area contributed by atoms with E-state index >= 15 is 0 Å². The van der Waals surface area contributed by atoms with Crippen LogP contribution >= 0.6 is 0 Å². The maximum absolute atomic E-state index is 12.0. The molecule has 3 rings (SSSR count). The zero-order valence-electron chi connectivity index (χ0n) is 12.9. The lowest BCUT2D eigenvalue weighted by Gasteiger charge is -2.42. The van der Waals surface area contributed by atoms with Gasteiger partial charge in [-0.15, -0.1) is 0 Å². The van der Waals surface area contributed by atoms with Crippen LogP contribution < -0.4 is 16.0 Å². The molecule has 0 spiro atoms. The molecule has 0 bridgehead atoms. The van der Waals surface area contributed by atoms with Gasteiger partial charge in [0.1, 0.15) is 12.6 Å². The average molecular weight is 295 g/mol. The molecule has 3 N–H and O–H groups in total. The maximum atomic E-state index is 12.0. The molecular formula is C15H29N5O. The average Bonchev–Trinajstić information content (AvgIpc) is 2.92. The second-order valence-corrected chi connectivity index (χ2v) is 6.49. The first-order valence-corrected chi connectivity index (χ1v) is 8.64. The number of likely N-dealkylation sites (tertiary alicyclic amines) is 2. The van der Waals surface area contributed by atoms with Gasteiger partial charge in [-0.1, -0.05) is 25.7 Å². The number of carbonyl (C=O) groups is 1. The first-order valence-electron chi connectivity index (χ1n) is 8.64. The van der Waals surface area contributed by atoms with E-state index in [0.29, 0.717) is 0 Å². The summed E-state index contributed by atoms with van der Waals surface area (Å²) in [6.45, 7) is 4.30. The Morgan fingerprint density at radius 1 is 0.667 bits per heavy atom. The Balaban J connectivity index is 1.61. The predicted octanol–water partition coefficient (Wildman–Crippen LogP) is 1.21. The first-order chi connectivity index (χ1) is 10.3. The van der Waals surface area contributed by atoms with Crippen molar-refractivity contribution in [2.45, 2.75) is 63.9 Å². The van der Waals surface area contributed by atoms with Crippen molar-refractivity contribution in [3.05, 3.63) is 0 Å². The molecule has 3 heterocycles. The molecule has 2 unspecified atom stereocenters. The van der Waals surface area contributed by atoms with Crippen LogP contribution in [0.2, 0.25) is 0 Å². The number of nitrogens with one attached hydrogen (secondary N) is 3. The van der Waals surface area contributed by atoms with E-state index in [-0.39, 0.29) is 18.6 Å². The number of urea groups is 1. The summed E-state index contributed by atoms with van der Waals surface area (Å²) in [6, 6.07) is -0.0442. The first kappa shape index (κ1) is 15.1. The fourth-order valence-corrected chi connectivity index (χ4v) is 3.62. The predicted molar refractivity (Wildman–Crippen MR) is 82.5 cm³/mol. The number of rotatable bonds is 2. The van der Waals surface area contributed by atoms with Gasteiger partial charge in [-0.3, -0.25) is 15.1 Å². The topological polar surface area (TPSA) is 59.6 Å². The van der Waals surface area contributed by atoms with Gasteiger partial charge in [0.25, 0.3) is 0 Å². The summed E-state index contributed by atoms with van der Waals surface area (Å²) >= 11 is 0. The normalized spacial score (nSPS) is 33.6. The molecule has 6 heteroatoms. The molecule has 0 aromatic rings. The van der Waals surface area contributed by atoms with Crippen LogP contribution in [-0.4, -0.2) is 54.6 Å². The van der Waals surface area contributed by atoms with Gasteiger partial charge < -0.3 is 10.6 Å². The lowest BCUT2D eigenvalue weighted by Crippen LogP contribution is -2.73. The molecule has 120 valence electrons. The van der Waals surface area contributed by atoms with Crippen molar-refractivity contribution >= 4 is 6.03 Å². The highest BCUT2D eigenvalue weighted by Gasteiger charge is 2.32. The molecule has 0 aromatic heterocycles. The number of hydrogen-bond acceptors (Lipinski definition) is 4. The van der Waals surface area contributed by atoms with E-state index in [1.807, 2.05) is 0 Å². The molecule has 3 aliphatic rings. The molecule has 6 nitrogen and oxygen atoms in total. The molecule has 0 aliphatic carbocycles. The molecular weight excluding hydrogens is 266 g/mol. The Hall–Kier alpha value is -0.850. The monoisotopic (exact) mass is 295 g/mol. The Morgan fingerprint density at radius 2 is 1.05 bits per heavy atom. The highest BCUT2D eigenvalue weighted by atomic mass is 16.2. The Labute approximate surface area is 127 Å². The summed E-state index contributed by atoms with van der Waals surface area (Å²) in [5.74, 6) is 0. The highest BCUT2D eigenvalue weighted by molar-refractivity contribution is 5.75. The van der Waals surface area contributed by atoms with Crippen molar-refractivity contribution in [3.8, 4) is 0 Å². The fourth-order valence-electron chi connectivity index (χ4n) is 3.62. The third-order valence-electron chi connectivity index (χ3n) is 4.86. The van der Waals surface area contributed by atoms with Crippen molar-refractivity contribution < 1.29 is 4.79 Å². The quantitative estimate of drug-likeness (QED) is 0.717. The van der Waals surface area contributed by atoms with Crippen LogP contribution in [0.5, 0.6) is 0 Å². The molecule has 3 fully saturated rings. The van der Waals surface area contributed by atoms with E-state index < -0.39 is 0 Å². The molecule has 0 radical (unpaired) electrons. The van der Waals surface area contributed by atoms with Gasteiger partial charge >= 0.3 is 6.03 Å². The summed E-state index contributed by atoms with van der Waals surface area (Å²) in [5, 5.41) is 9.66. The Morgan fingerprint density at radius 3 is 1.43 bits per heavy atom. The maximum Gasteiger partial charge on any atom is 0.319 e. The SMILES string of the molecule is O=C1NC(N2CCCCCC2)NC(N2CCCCCC2)N1. The largest absolute Gasteiger partial charge is 0.319 e. The van der Waals surface area contributed by atoms with Gasteiger partial charge in [0, 0.05) is 26.2 Å². The van der Waals surface area contributed by atoms with Crippen LogP contribution in [0.15, 0.2) is 0 Å². The van der Waals surface area contributed by atoms with Crippen LogP contribution in [0.25, 0.3) is 0 Å². The second-order valence-electron chi connectivity index (χ2n) is 6.49. The zero-order valence-corrected chi connectivity index (χ0v) is 12.9. The summed E-state index contributed by atoms with van der Waals surface area (Å²) in [4.78, 5) is 16.8.